The molecule has 0 unspecified atom stereocenters. The Morgan fingerprint density at radius 2 is 2.26 bits per heavy atom. The summed E-state index contributed by atoms with van der Waals surface area (Å²) in [6.07, 6.45) is 1.92. The van der Waals surface area contributed by atoms with Gasteiger partial charge in [-0.15, -0.1) is 0 Å². The van der Waals surface area contributed by atoms with Crippen molar-refractivity contribution >= 4 is 36.3 Å². The highest BCUT2D eigenvalue weighted by molar-refractivity contribution is 8.14. The van der Waals surface area contributed by atoms with Crippen molar-refractivity contribution in [2.24, 2.45) is 5.11 Å². The molecule has 2 aromatic rings. The van der Waals surface area contributed by atoms with Gasteiger partial charge in [0.25, 0.3) is 14.7 Å². The topological polar surface area (TPSA) is 129 Å². The average Bonchev–Trinajstić information content (AvgIpc) is 2.51. The van der Waals surface area contributed by atoms with Gasteiger partial charge in [0.15, 0.2) is 0 Å². The van der Waals surface area contributed by atoms with Crippen LogP contribution >= 0.6 is 10.7 Å². The normalized spacial score (nSPS) is 13.0. The Morgan fingerprint density at radius 3 is 2.91 bits per heavy atom. The first kappa shape index (κ1) is 16.7. The minimum absolute atomic E-state index is 0.0364. The van der Waals surface area contributed by atoms with Gasteiger partial charge in [0, 0.05) is 33.4 Å². The van der Waals surface area contributed by atoms with Gasteiger partial charge in [0.1, 0.15) is 17.5 Å². The molecule has 0 aliphatic rings. The molecule has 0 atom stereocenters. The second-order valence-corrected chi connectivity index (χ2v) is 6.80. The summed E-state index contributed by atoms with van der Waals surface area (Å²) in [5, 5.41) is 33.3. The van der Waals surface area contributed by atoms with Crippen LogP contribution in [0.4, 0.5) is 5.69 Å². The van der Waals surface area contributed by atoms with Crippen LogP contribution in [0, 0.1) is 16.5 Å². The van der Waals surface area contributed by atoms with Gasteiger partial charge < -0.3 is 10.3 Å². The number of benzene rings is 1. The SMILES string of the molecule is N#CCC(O)=CN=[N+]([O-])c1ccc(S(=O)(=O)Cl)c2cccnc12. The van der Waals surface area contributed by atoms with Crippen molar-refractivity contribution in [3.8, 4) is 6.07 Å². The van der Waals surface area contributed by atoms with Crippen LogP contribution in [0.25, 0.3) is 10.9 Å². The van der Waals surface area contributed by atoms with Crippen molar-refractivity contribution in [1.82, 2.24) is 4.98 Å². The smallest absolute Gasteiger partial charge is 0.271 e. The summed E-state index contributed by atoms with van der Waals surface area (Å²) in [6, 6.07) is 7.02. The minimum atomic E-state index is -4.01. The molecular weight excluding hydrogens is 344 g/mol. The highest BCUT2D eigenvalue weighted by atomic mass is 35.7. The van der Waals surface area contributed by atoms with E-state index >= 15 is 0 Å². The summed E-state index contributed by atoms with van der Waals surface area (Å²) in [5.74, 6) is -0.384. The quantitative estimate of drug-likeness (QED) is 0.296. The first-order valence-corrected chi connectivity index (χ1v) is 8.41. The summed E-state index contributed by atoms with van der Waals surface area (Å²) in [6.45, 7) is 0. The number of aromatic nitrogens is 1. The van der Waals surface area contributed by atoms with Crippen molar-refractivity contribution in [2.45, 2.75) is 11.3 Å². The maximum atomic E-state index is 12.0. The van der Waals surface area contributed by atoms with Gasteiger partial charge in [-0.05, 0) is 23.1 Å². The van der Waals surface area contributed by atoms with E-state index in [0.717, 1.165) is 6.20 Å². The van der Waals surface area contributed by atoms with Crippen LogP contribution in [0.3, 0.4) is 0 Å². The first-order valence-electron chi connectivity index (χ1n) is 6.10. The molecule has 1 aromatic heterocycles. The summed E-state index contributed by atoms with van der Waals surface area (Å²) < 4.78 is 23.1. The van der Waals surface area contributed by atoms with Gasteiger partial charge in [0.05, 0.1) is 17.4 Å². The summed E-state index contributed by atoms with van der Waals surface area (Å²) in [5.41, 5.74) is 0.0480. The van der Waals surface area contributed by atoms with Gasteiger partial charge in [-0.25, -0.2) is 13.4 Å². The molecule has 0 saturated carbocycles. The number of hydrogen-bond acceptors (Lipinski definition) is 7. The average molecular weight is 353 g/mol. The fourth-order valence-corrected chi connectivity index (χ4v) is 2.87. The lowest BCUT2D eigenvalue weighted by atomic mass is 10.2. The van der Waals surface area contributed by atoms with Crippen molar-refractivity contribution in [2.75, 3.05) is 0 Å². The number of rotatable bonds is 4. The van der Waals surface area contributed by atoms with E-state index in [1.807, 2.05) is 0 Å². The summed E-state index contributed by atoms with van der Waals surface area (Å²) >= 11 is 0. The Bertz CT molecular complexity index is 964. The van der Waals surface area contributed by atoms with E-state index in [9.17, 15) is 18.7 Å². The monoisotopic (exact) mass is 352 g/mol. The Morgan fingerprint density at radius 1 is 1.52 bits per heavy atom. The number of allylic oxidation sites excluding steroid dienone is 1. The van der Waals surface area contributed by atoms with E-state index < -0.39 is 9.05 Å². The van der Waals surface area contributed by atoms with Gasteiger partial charge in [0.2, 0.25) is 0 Å². The third-order valence-electron chi connectivity index (χ3n) is 2.75. The van der Waals surface area contributed by atoms with Gasteiger partial charge in [-0.2, -0.15) is 5.26 Å². The van der Waals surface area contributed by atoms with Crippen molar-refractivity contribution < 1.29 is 18.4 Å². The lowest BCUT2D eigenvalue weighted by Crippen LogP contribution is -1.98. The Kier molecular flexibility index (Phi) is 4.78. The molecule has 1 aromatic carbocycles. The molecule has 0 aliphatic carbocycles. The zero-order valence-electron chi connectivity index (χ0n) is 11.4. The molecule has 0 bridgehead atoms. The summed E-state index contributed by atoms with van der Waals surface area (Å²) in [7, 11) is 1.35. The molecule has 23 heavy (non-hydrogen) atoms. The van der Waals surface area contributed by atoms with Crippen LogP contribution in [-0.2, 0) is 9.05 Å². The maximum Gasteiger partial charge on any atom is 0.271 e. The van der Waals surface area contributed by atoms with E-state index in [1.165, 1.54) is 30.5 Å². The van der Waals surface area contributed by atoms with E-state index in [-0.39, 0.29) is 38.5 Å². The molecule has 118 valence electrons. The number of fused-ring (bicyclic) bond motifs is 1. The number of pyridine rings is 1. The van der Waals surface area contributed by atoms with E-state index in [4.69, 9.17) is 15.9 Å². The van der Waals surface area contributed by atoms with Crippen LogP contribution in [-0.4, -0.2) is 23.4 Å². The van der Waals surface area contributed by atoms with Crippen LogP contribution < -0.4 is 0 Å². The van der Waals surface area contributed by atoms with Crippen molar-refractivity contribution in [1.29, 1.82) is 5.26 Å². The predicted octanol–water partition coefficient (Wildman–Crippen LogP) is 3.07. The molecule has 0 amide bonds. The Hall–Kier alpha value is -2.70. The number of aliphatic hydroxyl groups is 1. The van der Waals surface area contributed by atoms with Crippen LogP contribution in [0.1, 0.15) is 6.42 Å². The third kappa shape index (κ3) is 3.74. The lowest BCUT2D eigenvalue weighted by Gasteiger charge is -2.05. The Balaban J connectivity index is 2.63. The van der Waals surface area contributed by atoms with Crippen LogP contribution in [0.15, 0.2) is 52.4 Å². The number of nitrogens with zero attached hydrogens (tertiary/aromatic N) is 4. The van der Waals surface area contributed by atoms with E-state index in [0.29, 0.717) is 0 Å². The van der Waals surface area contributed by atoms with Crippen LogP contribution in [0.2, 0.25) is 0 Å². The fraction of sp³-hybridized carbons (Fsp3) is 0.0769. The molecule has 0 spiro atoms. The predicted molar refractivity (Wildman–Crippen MR) is 81.4 cm³/mol. The molecule has 8 nitrogen and oxygen atoms in total. The molecule has 0 radical (unpaired) electrons. The molecule has 0 saturated heterocycles. The number of aliphatic hydroxyl groups excluding tert-OH is 1. The Labute approximate surface area is 135 Å². The second kappa shape index (κ2) is 6.60. The lowest BCUT2D eigenvalue weighted by molar-refractivity contribution is -0.435. The molecule has 0 fully saturated rings. The van der Waals surface area contributed by atoms with Crippen LogP contribution in [0.5, 0.6) is 0 Å². The molecule has 1 heterocycles. The number of hydrogen-bond donors (Lipinski definition) is 1. The zero-order valence-corrected chi connectivity index (χ0v) is 13.0. The molecule has 10 heteroatoms. The van der Waals surface area contributed by atoms with Crippen molar-refractivity contribution in [3.05, 3.63) is 47.6 Å². The third-order valence-corrected chi connectivity index (χ3v) is 4.13. The van der Waals surface area contributed by atoms with Gasteiger partial charge in [-0.3, -0.25) is 0 Å². The largest absolute Gasteiger partial charge is 0.594 e. The molecule has 2 rings (SSSR count). The van der Waals surface area contributed by atoms with Gasteiger partial charge in [-0.1, -0.05) is 0 Å². The number of nitriles is 1. The highest BCUT2D eigenvalue weighted by Gasteiger charge is 2.20. The first-order chi connectivity index (χ1) is 10.8. The molecule has 0 aliphatic heterocycles. The van der Waals surface area contributed by atoms with Crippen molar-refractivity contribution in [3.63, 3.8) is 0 Å². The highest BCUT2D eigenvalue weighted by Crippen LogP contribution is 2.31. The van der Waals surface area contributed by atoms with Gasteiger partial charge >= 0.3 is 0 Å². The standard InChI is InChI=1S/C13H9ClN4O4S/c14-23(21,22)12-4-3-11(13-10(12)2-1-7-16-13)18(20)17-8-9(19)5-6-15/h1-4,7-8,19H,5H2. The fourth-order valence-electron chi connectivity index (χ4n) is 1.81. The number of halogens is 1. The maximum absolute atomic E-state index is 12.0. The van der Waals surface area contributed by atoms with E-state index in [2.05, 4.69) is 10.1 Å². The molecular formula is C13H9ClN4O4S. The minimum Gasteiger partial charge on any atom is -0.594 e. The second-order valence-electron chi connectivity index (χ2n) is 4.26. The number of azo groups is 1. The molecule has 1 N–H and O–H groups in total. The summed E-state index contributed by atoms with van der Waals surface area (Å²) in [4.78, 5) is 3.96. The van der Waals surface area contributed by atoms with E-state index in [1.54, 1.807) is 6.07 Å². The zero-order chi connectivity index (χ0) is 17.0.